The van der Waals surface area contributed by atoms with Crippen molar-refractivity contribution < 1.29 is 27.8 Å². The summed E-state index contributed by atoms with van der Waals surface area (Å²) in [5.41, 5.74) is 5.68. The van der Waals surface area contributed by atoms with Gasteiger partial charge in [-0.05, 0) is 42.7 Å². The van der Waals surface area contributed by atoms with Crippen molar-refractivity contribution in [2.75, 3.05) is 13.7 Å². The van der Waals surface area contributed by atoms with Gasteiger partial charge in [-0.1, -0.05) is 44.2 Å². The summed E-state index contributed by atoms with van der Waals surface area (Å²) >= 11 is 0. The molecule has 3 atom stereocenters. The first-order valence-electron chi connectivity index (χ1n) is 9.93. The Hall–Kier alpha value is -2.62. The van der Waals surface area contributed by atoms with Crippen LogP contribution < -0.4 is 10.5 Å². The number of rotatable bonds is 10. The number of nitrogens with zero attached hydrogens (tertiary/aromatic N) is 1. The molecule has 0 heterocycles. The summed E-state index contributed by atoms with van der Waals surface area (Å²) in [7, 11) is -2.53. The summed E-state index contributed by atoms with van der Waals surface area (Å²) in [5, 5.41) is 11.1. The van der Waals surface area contributed by atoms with E-state index in [0.717, 1.165) is 0 Å². The number of primary amides is 1. The van der Waals surface area contributed by atoms with Crippen LogP contribution in [0.25, 0.3) is 0 Å². The van der Waals surface area contributed by atoms with Crippen LogP contribution in [0.3, 0.4) is 0 Å². The molecule has 0 aromatic heterocycles. The van der Waals surface area contributed by atoms with Crippen LogP contribution in [0.5, 0.6) is 5.75 Å². The normalized spacial score (nSPS) is 14.8. The van der Waals surface area contributed by atoms with Gasteiger partial charge in [0.15, 0.2) is 0 Å². The third kappa shape index (κ3) is 6.19. The summed E-state index contributed by atoms with van der Waals surface area (Å²) in [6, 6.07) is 13.8. The number of methoxy groups -OCH3 is 1. The second kappa shape index (κ2) is 10.6. The zero-order valence-electron chi connectivity index (χ0n) is 18.1. The molecule has 0 fully saturated rings. The van der Waals surface area contributed by atoms with E-state index in [1.807, 2.05) is 13.8 Å². The van der Waals surface area contributed by atoms with Crippen molar-refractivity contribution in [1.82, 2.24) is 4.31 Å². The number of aliphatic hydroxyl groups is 1. The van der Waals surface area contributed by atoms with Crippen molar-refractivity contribution in [2.24, 2.45) is 11.7 Å². The Kier molecular flexibility index (Phi) is 8.43. The molecule has 1 amide bonds. The fourth-order valence-corrected chi connectivity index (χ4v) is 5.09. The average Bonchev–Trinajstić information content (AvgIpc) is 2.73. The van der Waals surface area contributed by atoms with E-state index in [4.69, 9.17) is 15.2 Å². The first kappa shape index (κ1) is 24.6. The van der Waals surface area contributed by atoms with Crippen molar-refractivity contribution in [2.45, 2.75) is 43.9 Å². The van der Waals surface area contributed by atoms with Crippen molar-refractivity contribution >= 4 is 16.1 Å². The number of hydrogen-bond donors (Lipinski definition) is 2. The molecule has 2 rings (SSSR count). The first-order chi connectivity index (χ1) is 14.6. The summed E-state index contributed by atoms with van der Waals surface area (Å²) in [6.07, 6.45) is -3.45. The number of carbonyl (C=O) groups excluding carboxylic acids is 1. The van der Waals surface area contributed by atoms with E-state index in [0.29, 0.717) is 11.3 Å². The van der Waals surface area contributed by atoms with Crippen molar-refractivity contribution in [3.8, 4) is 5.75 Å². The maximum Gasteiger partial charge on any atom is 0.404 e. The van der Waals surface area contributed by atoms with Crippen LogP contribution in [-0.2, 0) is 14.8 Å². The minimum Gasteiger partial charge on any atom is -0.497 e. The van der Waals surface area contributed by atoms with Gasteiger partial charge in [0, 0.05) is 6.54 Å². The summed E-state index contributed by atoms with van der Waals surface area (Å²) < 4.78 is 38.7. The Balaban J connectivity index is 2.60. The van der Waals surface area contributed by atoms with Gasteiger partial charge < -0.3 is 20.3 Å². The van der Waals surface area contributed by atoms with Crippen molar-refractivity contribution in [3.05, 3.63) is 60.2 Å². The van der Waals surface area contributed by atoms with E-state index in [2.05, 4.69) is 0 Å². The Labute approximate surface area is 183 Å². The molecule has 8 nitrogen and oxygen atoms in total. The molecule has 0 aliphatic heterocycles. The van der Waals surface area contributed by atoms with E-state index in [9.17, 15) is 18.3 Å². The van der Waals surface area contributed by atoms with E-state index in [-0.39, 0.29) is 17.4 Å². The average molecular weight is 451 g/mol. The lowest BCUT2D eigenvalue weighted by Crippen LogP contribution is -2.47. The van der Waals surface area contributed by atoms with Crippen LogP contribution in [0.2, 0.25) is 0 Å². The lowest BCUT2D eigenvalue weighted by atomic mass is 9.97. The highest BCUT2D eigenvalue weighted by atomic mass is 32.2. The number of sulfonamides is 1. The highest BCUT2D eigenvalue weighted by molar-refractivity contribution is 7.89. The molecule has 170 valence electrons. The molecule has 0 saturated heterocycles. The molecule has 2 aromatic rings. The molecule has 3 unspecified atom stereocenters. The Morgan fingerprint density at radius 3 is 2.13 bits per heavy atom. The molecular formula is C22H30N2O6S. The highest BCUT2D eigenvalue weighted by Gasteiger charge is 2.40. The van der Waals surface area contributed by atoms with Crippen LogP contribution in [0.15, 0.2) is 59.5 Å². The van der Waals surface area contributed by atoms with Crippen LogP contribution >= 0.6 is 0 Å². The maximum absolute atomic E-state index is 13.7. The van der Waals surface area contributed by atoms with Gasteiger partial charge in [0.1, 0.15) is 18.0 Å². The zero-order valence-corrected chi connectivity index (χ0v) is 19.0. The number of carbonyl (C=O) groups is 1. The largest absolute Gasteiger partial charge is 0.497 e. The number of nitrogens with two attached hydrogens (primary N) is 1. The first-order valence-corrected chi connectivity index (χ1v) is 11.4. The molecule has 3 N–H and O–H groups in total. The highest BCUT2D eigenvalue weighted by Crippen LogP contribution is 2.33. The molecule has 0 spiro atoms. The number of aliphatic hydroxyl groups excluding tert-OH is 1. The van der Waals surface area contributed by atoms with Crippen LogP contribution in [0.4, 0.5) is 4.79 Å². The smallest absolute Gasteiger partial charge is 0.404 e. The molecule has 31 heavy (non-hydrogen) atoms. The molecule has 0 aliphatic rings. The number of amides is 1. The van der Waals surface area contributed by atoms with Gasteiger partial charge in [0.05, 0.1) is 18.0 Å². The lowest BCUT2D eigenvalue weighted by molar-refractivity contribution is -0.0213. The molecule has 2 aromatic carbocycles. The van der Waals surface area contributed by atoms with Crippen LogP contribution in [-0.4, -0.2) is 49.8 Å². The quantitative estimate of drug-likeness (QED) is 0.574. The number of benzene rings is 2. The lowest BCUT2D eigenvalue weighted by Gasteiger charge is -2.37. The Morgan fingerprint density at radius 1 is 1.06 bits per heavy atom. The minimum absolute atomic E-state index is 0.0428. The fraction of sp³-hybridized carbons (Fsp3) is 0.409. The fourth-order valence-electron chi connectivity index (χ4n) is 3.30. The molecule has 0 bridgehead atoms. The van der Waals surface area contributed by atoms with Crippen LogP contribution in [0, 0.1) is 5.92 Å². The third-order valence-corrected chi connectivity index (χ3v) is 6.63. The molecule has 0 radical (unpaired) electrons. The zero-order chi connectivity index (χ0) is 23.2. The molecule has 0 saturated carbocycles. The topological polar surface area (TPSA) is 119 Å². The summed E-state index contributed by atoms with van der Waals surface area (Å²) in [4.78, 5) is 11.3. The SMILES string of the molecule is COc1ccc(S(=O)(=O)N(CC(C)C)C(c2ccccc2)C(O)C(C)OC(N)=O)cc1. The second-order valence-corrected chi connectivity index (χ2v) is 9.52. The third-order valence-electron chi connectivity index (χ3n) is 4.77. The minimum atomic E-state index is -4.03. The summed E-state index contributed by atoms with van der Waals surface area (Å²) in [6.45, 7) is 5.37. The summed E-state index contributed by atoms with van der Waals surface area (Å²) in [5.74, 6) is 0.483. The monoisotopic (exact) mass is 450 g/mol. The van der Waals surface area contributed by atoms with E-state index < -0.39 is 34.4 Å². The predicted molar refractivity (Wildman–Crippen MR) is 117 cm³/mol. The van der Waals surface area contributed by atoms with Crippen LogP contribution in [0.1, 0.15) is 32.4 Å². The van der Waals surface area contributed by atoms with Gasteiger partial charge in [0.2, 0.25) is 10.0 Å². The Bertz CT molecular complexity index is 948. The van der Waals surface area contributed by atoms with Gasteiger partial charge in [-0.3, -0.25) is 0 Å². The number of hydrogen-bond acceptors (Lipinski definition) is 6. The number of ether oxygens (including phenoxy) is 2. The molecule has 0 aliphatic carbocycles. The van der Waals surface area contributed by atoms with E-state index in [1.165, 1.54) is 30.5 Å². The van der Waals surface area contributed by atoms with E-state index >= 15 is 0 Å². The van der Waals surface area contributed by atoms with Gasteiger partial charge >= 0.3 is 6.09 Å². The molecule has 9 heteroatoms. The van der Waals surface area contributed by atoms with Gasteiger partial charge in [-0.15, -0.1) is 0 Å². The Morgan fingerprint density at radius 2 is 1.65 bits per heavy atom. The maximum atomic E-state index is 13.7. The van der Waals surface area contributed by atoms with Crippen molar-refractivity contribution in [3.63, 3.8) is 0 Å². The van der Waals surface area contributed by atoms with E-state index in [1.54, 1.807) is 42.5 Å². The van der Waals surface area contributed by atoms with Gasteiger partial charge in [-0.25, -0.2) is 13.2 Å². The standard InChI is InChI=1S/C22H30N2O6S/c1-15(2)14-24(31(27,28)19-12-10-18(29-4)11-13-19)20(17-8-6-5-7-9-17)21(25)16(3)30-22(23)26/h5-13,15-16,20-21,25H,14H2,1-4H3,(H2,23,26). The molecular weight excluding hydrogens is 420 g/mol. The predicted octanol–water partition coefficient (Wildman–Crippen LogP) is 2.93. The van der Waals surface area contributed by atoms with Gasteiger partial charge in [-0.2, -0.15) is 4.31 Å². The second-order valence-electron chi connectivity index (χ2n) is 7.63. The van der Waals surface area contributed by atoms with Gasteiger partial charge in [0.25, 0.3) is 0 Å². The van der Waals surface area contributed by atoms with Crippen molar-refractivity contribution in [1.29, 1.82) is 0 Å².